The number of benzene rings is 2. The summed E-state index contributed by atoms with van der Waals surface area (Å²) in [5, 5.41) is 16.8. The highest BCUT2D eigenvalue weighted by molar-refractivity contribution is 6.30. The molecular weight excluding hydrogens is 285 g/mol. The van der Waals surface area contributed by atoms with Crippen molar-refractivity contribution in [1.29, 1.82) is 0 Å². The fourth-order valence-corrected chi connectivity index (χ4v) is 1.98. The first-order valence-electron chi connectivity index (χ1n) is 5.60. The number of aromatic carboxylic acids is 1. The highest BCUT2D eigenvalue weighted by atomic mass is 35.5. The Morgan fingerprint density at radius 3 is 2.75 bits per heavy atom. The van der Waals surface area contributed by atoms with Gasteiger partial charge in [0.2, 0.25) is 0 Å². The number of halogens is 2. The molecule has 5 nitrogen and oxygen atoms in total. The molecule has 0 radical (unpaired) electrons. The topological polar surface area (TPSA) is 68.0 Å². The van der Waals surface area contributed by atoms with Gasteiger partial charge >= 0.3 is 5.97 Å². The highest BCUT2D eigenvalue weighted by Crippen LogP contribution is 2.21. The zero-order valence-electron chi connectivity index (χ0n) is 9.92. The second-order valence-corrected chi connectivity index (χ2v) is 4.52. The molecule has 0 aliphatic heterocycles. The van der Waals surface area contributed by atoms with Crippen LogP contribution in [0.2, 0.25) is 5.02 Å². The quantitative estimate of drug-likeness (QED) is 0.788. The van der Waals surface area contributed by atoms with Gasteiger partial charge in [-0.25, -0.2) is 13.9 Å². The molecule has 100 valence electrons. The normalized spacial score (nSPS) is 10.9. The van der Waals surface area contributed by atoms with E-state index in [0.29, 0.717) is 16.7 Å². The molecule has 1 aromatic heterocycles. The van der Waals surface area contributed by atoms with E-state index in [1.54, 1.807) is 12.1 Å². The molecule has 0 saturated heterocycles. The number of hydrogen-bond acceptors (Lipinski definition) is 3. The summed E-state index contributed by atoms with van der Waals surface area (Å²) in [7, 11) is 0. The molecule has 7 heteroatoms. The predicted octanol–water partition coefficient (Wildman–Crippen LogP) is 2.91. The van der Waals surface area contributed by atoms with Gasteiger partial charge in [-0.05, 0) is 30.3 Å². The largest absolute Gasteiger partial charge is 0.478 e. The summed E-state index contributed by atoms with van der Waals surface area (Å²) in [5.41, 5.74) is 1.52. The second-order valence-electron chi connectivity index (χ2n) is 4.11. The molecule has 1 N–H and O–H groups in total. The van der Waals surface area contributed by atoms with Crippen LogP contribution in [0.25, 0.3) is 16.7 Å². The number of fused-ring (bicyclic) bond motifs is 1. The van der Waals surface area contributed by atoms with E-state index in [1.165, 1.54) is 28.9 Å². The maximum absolute atomic E-state index is 13.5. The van der Waals surface area contributed by atoms with Gasteiger partial charge in [-0.2, -0.15) is 0 Å². The van der Waals surface area contributed by atoms with Crippen LogP contribution in [0.3, 0.4) is 0 Å². The van der Waals surface area contributed by atoms with Gasteiger partial charge in [-0.15, -0.1) is 5.10 Å². The van der Waals surface area contributed by atoms with Crippen molar-refractivity contribution in [3.8, 4) is 5.69 Å². The fourth-order valence-electron chi connectivity index (χ4n) is 1.86. The number of rotatable bonds is 2. The van der Waals surface area contributed by atoms with Crippen LogP contribution in [0.4, 0.5) is 4.39 Å². The Morgan fingerprint density at radius 1 is 1.25 bits per heavy atom. The van der Waals surface area contributed by atoms with E-state index < -0.39 is 11.8 Å². The van der Waals surface area contributed by atoms with Crippen LogP contribution in [0.5, 0.6) is 0 Å². The summed E-state index contributed by atoms with van der Waals surface area (Å²) < 4.78 is 14.9. The van der Waals surface area contributed by atoms with Crippen LogP contribution in [0.1, 0.15) is 10.4 Å². The second kappa shape index (κ2) is 4.57. The summed E-state index contributed by atoms with van der Waals surface area (Å²) in [6, 6.07) is 8.61. The molecule has 3 rings (SSSR count). The molecule has 1 heterocycles. The molecule has 0 atom stereocenters. The van der Waals surface area contributed by atoms with Gasteiger partial charge in [-0.1, -0.05) is 16.8 Å². The number of aromatic nitrogens is 3. The summed E-state index contributed by atoms with van der Waals surface area (Å²) in [4.78, 5) is 11.0. The third kappa shape index (κ3) is 2.00. The van der Waals surface area contributed by atoms with Crippen molar-refractivity contribution in [3.05, 3.63) is 52.8 Å². The lowest BCUT2D eigenvalue weighted by atomic mass is 10.2. The standard InChI is InChI=1S/C13H7ClFN3O2/c14-9-3-2-8(6-10(9)15)18-12-5-7(13(19)20)1-4-11(12)16-17-18/h1-6H,(H,19,20). The van der Waals surface area contributed by atoms with Crippen LogP contribution in [0, 0.1) is 5.82 Å². The van der Waals surface area contributed by atoms with E-state index in [4.69, 9.17) is 16.7 Å². The molecule has 0 aliphatic carbocycles. The minimum Gasteiger partial charge on any atom is -0.478 e. The number of carboxylic acids is 1. The lowest BCUT2D eigenvalue weighted by molar-refractivity contribution is 0.0697. The minimum absolute atomic E-state index is 0.00407. The third-order valence-electron chi connectivity index (χ3n) is 2.84. The molecule has 0 spiro atoms. The van der Waals surface area contributed by atoms with Crippen molar-refractivity contribution in [2.24, 2.45) is 0 Å². The number of nitrogens with zero attached hydrogens (tertiary/aromatic N) is 3. The van der Waals surface area contributed by atoms with Gasteiger partial charge in [0.05, 0.1) is 21.8 Å². The van der Waals surface area contributed by atoms with Crippen LogP contribution in [-0.2, 0) is 0 Å². The molecule has 0 aliphatic rings. The number of hydrogen-bond donors (Lipinski definition) is 1. The van der Waals surface area contributed by atoms with Gasteiger partial charge in [-0.3, -0.25) is 0 Å². The van der Waals surface area contributed by atoms with Gasteiger partial charge in [0.1, 0.15) is 11.3 Å². The maximum atomic E-state index is 13.5. The zero-order chi connectivity index (χ0) is 14.3. The third-order valence-corrected chi connectivity index (χ3v) is 3.15. The Kier molecular flexibility index (Phi) is 2.87. The average Bonchev–Trinajstić information content (AvgIpc) is 2.84. The average molecular weight is 292 g/mol. The predicted molar refractivity (Wildman–Crippen MR) is 70.8 cm³/mol. The molecule has 0 amide bonds. The summed E-state index contributed by atoms with van der Waals surface area (Å²) in [6.45, 7) is 0. The van der Waals surface area contributed by atoms with E-state index >= 15 is 0 Å². The van der Waals surface area contributed by atoms with Crippen molar-refractivity contribution < 1.29 is 14.3 Å². The maximum Gasteiger partial charge on any atom is 0.335 e. The highest BCUT2D eigenvalue weighted by Gasteiger charge is 2.11. The van der Waals surface area contributed by atoms with Crippen molar-refractivity contribution in [2.75, 3.05) is 0 Å². The van der Waals surface area contributed by atoms with Crippen molar-refractivity contribution in [1.82, 2.24) is 15.0 Å². The Morgan fingerprint density at radius 2 is 2.05 bits per heavy atom. The Labute approximate surface area is 117 Å². The fraction of sp³-hybridized carbons (Fsp3) is 0. The van der Waals surface area contributed by atoms with Crippen molar-refractivity contribution >= 4 is 28.6 Å². The van der Waals surface area contributed by atoms with Gasteiger partial charge in [0.25, 0.3) is 0 Å². The molecule has 0 fully saturated rings. The first-order valence-corrected chi connectivity index (χ1v) is 5.98. The van der Waals surface area contributed by atoms with E-state index in [-0.39, 0.29) is 10.6 Å². The lowest BCUT2D eigenvalue weighted by Gasteiger charge is -2.03. The van der Waals surface area contributed by atoms with Crippen LogP contribution in [-0.4, -0.2) is 26.1 Å². The minimum atomic E-state index is -1.05. The first kappa shape index (κ1) is 12.6. The zero-order valence-corrected chi connectivity index (χ0v) is 10.7. The monoisotopic (exact) mass is 291 g/mol. The molecule has 0 unspecified atom stereocenters. The molecular formula is C13H7ClFN3O2. The molecule has 3 aromatic rings. The molecule has 2 aromatic carbocycles. The summed E-state index contributed by atoms with van der Waals surface area (Å²) >= 11 is 5.63. The smallest absolute Gasteiger partial charge is 0.335 e. The Balaban J connectivity index is 2.22. The van der Waals surface area contributed by atoms with Crippen molar-refractivity contribution in [3.63, 3.8) is 0 Å². The van der Waals surface area contributed by atoms with Gasteiger partial charge < -0.3 is 5.11 Å². The van der Waals surface area contributed by atoms with E-state index in [1.807, 2.05) is 0 Å². The Hall–Kier alpha value is -2.47. The van der Waals surface area contributed by atoms with Gasteiger partial charge in [0.15, 0.2) is 0 Å². The number of carboxylic acid groups (broad SMARTS) is 1. The summed E-state index contributed by atoms with van der Waals surface area (Å²) in [6.07, 6.45) is 0. The summed E-state index contributed by atoms with van der Waals surface area (Å²) in [5.74, 6) is -1.64. The van der Waals surface area contributed by atoms with E-state index in [9.17, 15) is 9.18 Å². The van der Waals surface area contributed by atoms with Crippen molar-refractivity contribution in [2.45, 2.75) is 0 Å². The van der Waals surface area contributed by atoms with Crippen LogP contribution >= 0.6 is 11.6 Å². The molecule has 0 saturated carbocycles. The van der Waals surface area contributed by atoms with Crippen LogP contribution < -0.4 is 0 Å². The number of carbonyl (C=O) groups is 1. The van der Waals surface area contributed by atoms with Crippen LogP contribution in [0.15, 0.2) is 36.4 Å². The SMILES string of the molecule is O=C(O)c1ccc2nnn(-c3ccc(Cl)c(F)c3)c2c1. The lowest BCUT2D eigenvalue weighted by Crippen LogP contribution is -1.99. The molecule has 20 heavy (non-hydrogen) atoms. The van der Waals surface area contributed by atoms with E-state index in [2.05, 4.69) is 10.3 Å². The molecule has 0 bridgehead atoms. The first-order chi connectivity index (χ1) is 9.56. The van der Waals surface area contributed by atoms with Gasteiger partial charge in [0, 0.05) is 6.07 Å². The van der Waals surface area contributed by atoms with E-state index in [0.717, 1.165) is 0 Å². The Bertz CT molecular complexity index is 832.